The zero-order chi connectivity index (χ0) is 17.1. The van der Waals surface area contributed by atoms with Crippen molar-refractivity contribution in [3.8, 4) is 0 Å². The van der Waals surface area contributed by atoms with E-state index in [-0.39, 0.29) is 18.1 Å². The highest BCUT2D eigenvalue weighted by molar-refractivity contribution is 14.1. The molecule has 2 unspecified atom stereocenters. The smallest absolute Gasteiger partial charge is 0.255 e. The topological polar surface area (TPSA) is 56.1 Å². The Morgan fingerprint density at radius 3 is 2.61 bits per heavy atom. The van der Waals surface area contributed by atoms with Crippen molar-refractivity contribution in [3.05, 3.63) is 50.4 Å². The fourth-order valence-electron chi connectivity index (χ4n) is 2.74. The van der Waals surface area contributed by atoms with Crippen LogP contribution in [0.2, 0.25) is 0 Å². The van der Waals surface area contributed by atoms with E-state index in [0.717, 1.165) is 16.8 Å². The minimum absolute atomic E-state index is 0.131. The zero-order valence-corrected chi connectivity index (χ0v) is 16.2. The van der Waals surface area contributed by atoms with Gasteiger partial charge in [-0.3, -0.25) is 9.48 Å². The Morgan fingerprint density at radius 2 is 2.09 bits per heavy atom. The van der Waals surface area contributed by atoms with Gasteiger partial charge in [-0.15, -0.1) is 0 Å². The summed E-state index contributed by atoms with van der Waals surface area (Å²) in [5.41, 5.74) is 3.55. The molecule has 0 bridgehead atoms. The molecule has 0 saturated heterocycles. The Hall–Kier alpha value is -1.41. The van der Waals surface area contributed by atoms with Crippen molar-refractivity contribution >= 4 is 28.5 Å². The van der Waals surface area contributed by atoms with Crippen LogP contribution in [-0.2, 0) is 11.8 Å². The molecule has 0 aliphatic rings. The number of halogens is 1. The molecule has 1 heterocycles. The third-order valence-electron chi connectivity index (χ3n) is 3.86. The molecule has 1 aromatic carbocycles. The van der Waals surface area contributed by atoms with Crippen molar-refractivity contribution < 1.29 is 9.53 Å². The monoisotopic (exact) mass is 427 g/mol. The predicted molar refractivity (Wildman–Crippen MR) is 98.5 cm³/mol. The average molecular weight is 427 g/mol. The third-order valence-corrected chi connectivity index (χ3v) is 4.53. The number of nitrogens with one attached hydrogen (secondary N) is 1. The summed E-state index contributed by atoms with van der Waals surface area (Å²) in [5, 5.41) is 7.23. The van der Waals surface area contributed by atoms with E-state index in [4.69, 9.17) is 4.74 Å². The second-order valence-electron chi connectivity index (χ2n) is 5.72. The van der Waals surface area contributed by atoms with Crippen LogP contribution in [0.15, 0.2) is 24.4 Å². The summed E-state index contributed by atoms with van der Waals surface area (Å²) in [7, 11) is 3.47. The normalized spacial score (nSPS) is 13.7. The van der Waals surface area contributed by atoms with Crippen LogP contribution in [0.5, 0.6) is 0 Å². The van der Waals surface area contributed by atoms with Gasteiger partial charge in [-0.2, -0.15) is 5.10 Å². The summed E-state index contributed by atoms with van der Waals surface area (Å²) in [6.45, 7) is 5.84. The van der Waals surface area contributed by atoms with Gasteiger partial charge in [0, 0.05) is 23.9 Å². The second-order valence-corrected chi connectivity index (χ2v) is 6.97. The maximum atomic E-state index is 12.5. The Morgan fingerprint density at radius 1 is 1.39 bits per heavy atom. The molecule has 0 saturated carbocycles. The van der Waals surface area contributed by atoms with Crippen molar-refractivity contribution in [2.45, 2.75) is 32.9 Å². The van der Waals surface area contributed by atoms with E-state index in [9.17, 15) is 4.79 Å². The van der Waals surface area contributed by atoms with Crippen molar-refractivity contribution in [2.24, 2.45) is 7.05 Å². The number of hydrogen-bond acceptors (Lipinski definition) is 3. The molecule has 1 aromatic heterocycles. The maximum absolute atomic E-state index is 12.5. The molecule has 1 amide bonds. The van der Waals surface area contributed by atoms with Gasteiger partial charge in [0.25, 0.3) is 5.91 Å². The number of rotatable bonds is 5. The third kappa shape index (κ3) is 4.11. The first-order valence-electron chi connectivity index (χ1n) is 7.43. The lowest BCUT2D eigenvalue weighted by Gasteiger charge is -2.25. The van der Waals surface area contributed by atoms with E-state index in [0.29, 0.717) is 5.56 Å². The van der Waals surface area contributed by atoms with E-state index in [2.05, 4.69) is 58.1 Å². The molecule has 5 nitrogen and oxygen atoms in total. The number of benzene rings is 1. The quantitative estimate of drug-likeness (QED) is 0.747. The van der Waals surface area contributed by atoms with E-state index in [1.807, 2.05) is 13.8 Å². The average Bonchev–Trinajstić information content (AvgIpc) is 2.81. The van der Waals surface area contributed by atoms with Crippen molar-refractivity contribution in [1.29, 1.82) is 0 Å². The highest BCUT2D eigenvalue weighted by Crippen LogP contribution is 2.25. The molecule has 2 aromatic rings. The first-order valence-corrected chi connectivity index (χ1v) is 8.51. The standard InChI is InChI=1S/C17H22IN3O2/c1-10-8-13(18)6-7-14(10)16(23-5)12(3)19-17(22)15-9-21(4)20-11(15)2/h6-9,12,16H,1-5H3,(H,19,22). The van der Waals surface area contributed by atoms with Gasteiger partial charge in [0.15, 0.2) is 0 Å². The summed E-state index contributed by atoms with van der Waals surface area (Å²) < 4.78 is 8.48. The van der Waals surface area contributed by atoms with Crippen LogP contribution in [0.25, 0.3) is 0 Å². The van der Waals surface area contributed by atoms with E-state index in [1.54, 1.807) is 25.0 Å². The van der Waals surface area contributed by atoms with E-state index < -0.39 is 0 Å². The molecule has 23 heavy (non-hydrogen) atoms. The van der Waals surface area contributed by atoms with Gasteiger partial charge in [0.2, 0.25) is 0 Å². The molecule has 6 heteroatoms. The largest absolute Gasteiger partial charge is 0.375 e. The van der Waals surface area contributed by atoms with Gasteiger partial charge >= 0.3 is 0 Å². The number of carbonyl (C=O) groups is 1. The highest BCUT2D eigenvalue weighted by Gasteiger charge is 2.24. The fraction of sp³-hybridized carbons (Fsp3) is 0.412. The summed E-state index contributed by atoms with van der Waals surface area (Å²) >= 11 is 2.29. The number of ether oxygens (including phenoxy) is 1. The molecule has 0 radical (unpaired) electrons. The first kappa shape index (κ1) is 17.9. The number of aryl methyl sites for hydroxylation is 3. The molecular formula is C17H22IN3O2. The second kappa shape index (κ2) is 7.44. The molecule has 2 rings (SSSR count). The van der Waals surface area contributed by atoms with Crippen molar-refractivity contribution in [1.82, 2.24) is 15.1 Å². The summed E-state index contributed by atoms with van der Waals surface area (Å²) in [6.07, 6.45) is 1.53. The van der Waals surface area contributed by atoms with Gasteiger partial charge in [-0.25, -0.2) is 0 Å². The van der Waals surface area contributed by atoms with Crippen LogP contribution >= 0.6 is 22.6 Å². The predicted octanol–water partition coefficient (Wildman–Crippen LogP) is 3.15. The lowest BCUT2D eigenvalue weighted by molar-refractivity contribution is 0.0641. The van der Waals surface area contributed by atoms with Crippen molar-refractivity contribution in [3.63, 3.8) is 0 Å². The Labute approximate surface area is 150 Å². The first-order chi connectivity index (χ1) is 10.8. The van der Waals surface area contributed by atoms with Crippen LogP contribution in [0.3, 0.4) is 0 Å². The Bertz CT molecular complexity index is 712. The molecule has 0 spiro atoms. The highest BCUT2D eigenvalue weighted by atomic mass is 127. The summed E-state index contributed by atoms with van der Waals surface area (Å²) in [5.74, 6) is -0.131. The number of hydrogen-bond donors (Lipinski definition) is 1. The van der Waals surface area contributed by atoms with Crippen LogP contribution in [0.4, 0.5) is 0 Å². The van der Waals surface area contributed by atoms with Crippen LogP contribution in [-0.4, -0.2) is 28.8 Å². The fourth-order valence-corrected chi connectivity index (χ4v) is 3.39. The Balaban J connectivity index is 2.18. The van der Waals surface area contributed by atoms with Gasteiger partial charge in [0.05, 0.1) is 17.3 Å². The number of carbonyl (C=O) groups excluding carboxylic acids is 1. The van der Waals surface area contributed by atoms with Gasteiger partial charge in [0.1, 0.15) is 6.10 Å². The van der Waals surface area contributed by atoms with Gasteiger partial charge < -0.3 is 10.1 Å². The molecule has 0 aliphatic carbocycles. The lowest BCUT2D eigenvalue weighted by atomic mass is 9.98. The molecule has 1 N–H and O–H groups in total. The molecule has 2 atom stereocenters. The van der Waals surface area contributed by atoms with Crippen molar-refractivity contribution in [2.75, 3.05) is 7.11 Å². The number of nitrogens with zero attached hydrogens (tertiary/aromatic N) is 2. The summed E-state index contributed by atoms with van der Waals surface area (Å²) in [4.78, 5) is 12.5. The maximum Gasteiger partial charge on any atom is 0.255 e. The molecule has 0 fully saturated rings. The van der Waals surface area contributed by atoms with E-state index >= 15 is 0 Å². The number of aromatic nitrogens is 2. The molecule has 0 aliphatic heterocycles. The zero-order valence-electron chi connectivity index (χ0n) is 14.1. The number of methoxy groups -OCH3 is 1. The van der Waals surface area contributed by atoms with E-state index in [1.165, 1.54) is 3.57 Å². The minimum atomic E-state index is -0.201. The summed E-state index contributed by atoms with van der Waals surface area (Å²) in [6, 6.07) is 6.06. The van der Waals surface area contributed by atoms with Crippen LogP contribution < -0.4 is 5.32 Å². The van der Waals surface area contributed by atoms with Crippen LogP contribution in [0, 0.1) is 17.4 Å². The van der Waals surface area contributed by atoms with Crippen LogP contribution in [0.1, 0.15) is 40.2 Å². The minimum Gasteiger partial charge on any atom is -0.375 e. The lowest BCUT2D eigenvalue weighted by Crippen LogP contribution is -2.38. The molecule has 124 valence electrons. The van der Waals surface area contributed by atoms with Gasteiger partial charge in [-0.05, 0) is 66.6 Å². The molecular weight excluding hydrogens is 405 g/mol. The van der Waals surface area contributed by atoms with Gasteiger partial charge in [-0.1, -0.05) is 6.07 Å². The SMILES string of the molecule is COC(c1ccc(I)cc1C)C(C)NC(=O)c1cn(C)nc1C. The number of amides is 1. The Kier molecular flexibility index (Phi) is 5.80.